The zero-order valence-corrected chi connectivity index (χ0v) is 10.4. The smallest absolute Gasteiger partial charge is 0.344 e. The highest BCUT2D eigenvalue weighted by Crippen LogP contribution is 2.11. The SMILES string of the molecule is O=C(c1ccc([N+](=O)[O-])cc1)[NH+]([O-])Cc1ccncc1. The van der Waals surface area contributed by atoms with Gasteiger partial charge in [-0.25, -0.2) is 4.79 Å². The van der Waals surface area contributed by atoms with Gasteiger partial charge in [0.2, 0.25) is 0 Å². The standard InChI is InChI=1S/C13H11N3O4/c17-13(11-1-3-12(4-2-11)16(19)20)15(18)9-10-5-7-14-8-6-10/h1-8,15H,9H2. The minimum absolute atomic E-state index is 0.0155. The molecule has 0 aliphatic heterocycles. The van der Waals surface area contributed by atoms with Gasteiger partial charge in [-0.3, -0.25) is 15.1 Å². The fourth-order valence-corrected chi connectivity index (χ4v) is 1.66. The topological polar surface area (TPSA) is 101 Å². The molecule has 1 N–H and O–H groups in total. The molecule has 2 aromatic rings. The van der Waals surface area contributed by atoms with Crippen LogP contribution in [0.3, 0.4) is 0 Å². The van der Waals surface area contributed by atoms with Crippen LogP contribution in [0.25, 0.3) is 0 Å². The molecular formula is C13H11N3O4. The Morgan fingerprint density at radius 3 is 2.30 bits per heavy atom. The quantitative estimate of drug-likeness (QED) is 0.653. The summed E-state index contributed by atoms with van der Waals surface area (Å²) in [6.07, 6.45) is 3.08. The van der Waals surface area contributed by atoms with Crippen LogP contribution in [0.2, 0.25) is 0 Å². The summed E-state index contributed by atoms with van der Waals surface area (Å²) < 4.78 is 0. The van der Waals surface area contributed by atoms with Crippen molar-refractivity contribution in [2.24, 2.45) is 0 Å². The molecule has 102 valence electrons. The zero-order valence-electron chi connectivity index (χ0n) is 10.4. The lowest BCUT2D eigenvalue weighted by Crippen LogP contribution is -3.08. The van der Waals surface area contributed by atoms with Gasteiger partial charge in [-0.15, -0.1) is 0 Å². The van der Waals surface area contributed by atoms with E-state index >= 15 is 0 Å². The van der Waals surface area contributed by atoms with Crippen LogP contribution in [-0.2, 0) is 6.54 Å². The number of nitrogens with one attached hydrogen (secondary N) is 1. The number of hydrogen-bond acceptors (Lipinski definition) is 5. The summed E-state index contributed by atoms with van der Waals surface area (Å²) in [6, 6.07) is 8.28. The van der Waals surface area contributed by atoms with E-state index in [-0.39, 0.29) is 17.8 Å². The minimum Gasteiger partial charge on any atom is -0.626 e. The Bertz CT molecular complexity index is 613. The van der Waals surface area contributed by atoms with Gasteiger partial charge in [0.05, 0.1) is 10.5 Å². The van der Waals surface area contributed by atoms with Gasteiger partial charge in [-0.05, 0) is 24.3 Å². The van der Waals surface area contributed by atoms with Gasteiger partial charge < -0.3 is 10.3 Å². The molecule has 0 saturated heterocycles. The highest BCUT2D eigenvalue weighted by atomic mass is 16.6. The molecule has 7 heteroatoms. The van der Waals surface area contributed by atoms with Crippen molar-refractivity contribution in [2.75, 3.05) is 0 Å². The number of carbonyl (C=O) groups is 1. The van der Waals surface area contributed by atoms with Gasteiger partial charge in [0.25, 0.3) is 5.69 Å². The van der Waals surface area contributed by atoms with Crippen LogP contribution in [0.5, 0.6) is 0 Å². The number of non-ortho nitro benzene ring substituents is 1. The molecule has 0 aliphatic carbocycles. The van der Waals surface area contributed by atoms with Gasteiger partial charge in [-0.1, -0.05) is 0 Å². The summed E-state index contributed by atoms with van der Waals surface area (Å²) in [6.45, 7) is -0.0155. The average Bonchev–Trinajstić information content (AvgIpc) is 2.47. The summed E-state index contributed by atoms with van der Waals surface area (Å²) in [7, 11) is 0. The van der Waals surface area contributed by atoms with E-state index in [9.17, 15) is 20.1 Å². The summed E-state index contributed by atoms with van der Waals surface area (Å²) in [4.78, 5) is 25.7. The lowest BCUT2D eigenvalue weighted by Gasteiger charge is -2.19. The van der Waals surface area contributed by atoms with Crippen molar-refractivity contribution in [3.63, 3.8) is 0 Å². The minimum atomic E-state index is -0.656. The number of benzene rings is 1. The van der Waals surface area contributed by atoms with E-state index in [0.29, 0.717) is 5.56 Å². The Labute approximate surface area is 114 Å². The first-order valence-corrected chi connectivity index (χ1v) is 5.79. The predicted molar refractivity (Wildman–Crippen MR) is 69.7 cm³/mol. The summed E-state index contributed by atoms with van der Waals surface area (Å²) in [5, 5.41) is 21.8. The lowest BCUT2D eigenvalue weighted by atomic mass is 10.2. The number of hydrogen-bond donors (Lipinski definition) is 1. The second-order valence-electron chi connectivity index (χ2n) is 4.09. The molecule has 0 fully saturated rings. The average molecular weight is 273 g/mol. The normalized spacial score (nSPS) is 11.8. The summed E-state index contributed by atoms with van der Waals surface area (Å²) in [5.74, 6) is -0.656. The lowest BCUT2D eigenvalue weighted by molar-refractivity contribution is -0.773. The zero-order chi connectivity index (χ0) is 14.5. The molecule has 7 nitrogen and oxygen atoms in total. The van der Waals surface area contributed by atoms with Crippen molar-refractivity contribution in [3.05, 3.63) is 75.2 Å². The third-order valence-electron chi connectivity index (χ3n) is 2.71. The number of aromatic nitrogens is 1. The van der Waals surface area contributed by atoms with E-state index in [0.717, 1.165) is 0 Å². The van der Waals surface area contributed by atoms with Crippen LogP contribution in [-0.4, -0.2) is 15.8 Å². The molecular weight excluding hydrogens is 262 g/mol. The van der Waals surface area contributed by atoms with Crippen LogP contribution in [0.4, 0.5) is 5.69 Å². The fraction of sp³-hybridized carbons (Fsp3) is 0.0769. The molecule has 1 heterocycles. The van der Waals surface area contributed by atoms with Gasteiger partial charge in [0.15, 0.2) is 0 Å². The van der Waals surface area contributed by atoms with Crippen molar-refractivity contribution in [2.45, 2.75) is 6.54 Å². The van der Waals surface area contributed by atoms with Crippen LogP contribution < -0.4 is 5.06 Å². The van der Waals surface area contributed by atoms with Crippen molar-refractivity contribution in [3.8, 4) is 0 Å². The van der Waals surface area contributed by atoms with Crippen molar-refractivity contribution in [1.82, 2.24) is 4.98 Å². The fourth-order valence-electron chi connectivity index (χ4n) is 1.66. The maximum absolute atomic E-state index is 11.9. The Balaban J connectivity index is 2.08. The van der Waals surface area contributed by atoms with Gasteiger partial charge in [0, 0.05) is 30.1 Å². The van der Waals surface area contributed by atoms with Crippen molar-refractivity contribution >= 4 is 11.6 Å². The van der Waals surface area contributed by atoms with Crippen LogP contribution in [0.1, 0.15) is 15.9 Å². The van der Waals surface area contributed by atoms with Gasteiger partial charge in [0.1, 0.15) is 6.54 Å². The Kier molecular flexibility index (Phi) is 4.14. The van der Waals surface area contributed by atoms with Gasteiger partial charge >= 0.3 is 5.91 Å². The third kappa shape index (κ3) is 3.22. The predicted octanol–water partition coefficient (Wildman–Crippen LogP) is 0.713. The first kappa shape index (κ1) is 13.8. The molecule has 1 unspecified atom stereocenters. The maximum Gasteiger partial charge on any atom is 0.344 e. The molecule has 0 bridgehead atoms. The summed E-state index contributed by atoms with van der Waals surface area (Å²) >= 11 is 0. The Morgan fingerprint density at radius 2 is 1.75 bits per heavy atom. The van der Waals surface area contributed by atoms with E-state index in [1.807, 2.05) is 0 Å². The number of amides is 1. The number of pyridine rings is 1. The Hall–Kier alpha value is -2.64. The number of nitro groups is 1. The first-order valence-electron chi connectivity index (χ1n) is 5.79. The van der Waals surface area contributed by atoms with E-state index in [2.05, 4.69) is 4.98 Å². The highest BCUT2D eigenvalue weighted by molar-refractivity contribution is 5.87. The highest BCUT2D eigenvalue weighted by Gasteiger charge is 2.16. The monoisotopic (exact) mass is 273 g/mol. The molecule has 0 radical (unpaired) electrons. The number of rotatable bonds is 4. The molecule has 0 spiro atoms. The molecule has 1 aromatic heterocycles. The third-order valence-corrected chi connectivity index (χ3v) is 2.71. The molecule has 1 amide bonds. The Morgan fingerprint density at radius 1 is 1.15 bits per heavy atom. The molecule has 0 saturated carbocycles. The van der Waals surface area contributed by atoms with E-state index in [1.165, 1.54) is 24.3 Å². The summed E-state index contributed by atoms with van der Waals surface area (Å²) in [5.41, 5.74) is 0.720. The van der Waals surface area contributed by atoms with E-state index in [1.54, 1.807) is 24.5 Å². The van der Waals surface area contributed by atoms with Crippen LogP contribution >= 0.6 is 0 Å². The molecule has 0 aliphatic rings. The van der Waals surface area contributed by atoms with E-state index < -0.39 is 15.9 Å². The molecule has 2 rings (SSSR count). The van der Waals surface area contributed by atoms with Crippen LogP contribution in [0, 0.1) is 15.3 Å². The number of carbonyl (C=O) groups excluding carboxylic acids is 1. The molecule has 1 atom stereocenters. The molecule has 20 heavy (non-hydrogen) atoms. The first-order chi connectivity index (χ1) is 9.58. The number of quaternary nitrogens is 1. The second kappa shape index (κ2) is 6.00. The van der Waals surface area contributed by atoms with Crippen molar-refractivity contribution < 1.29 is 14.8 Å². The largest absolute Gasteiger partial charge is 0.626 e. The van der Waals surface area contributed by atoms with Crippen molar-refractivity contribution in [1.29, 1.82) is 0 Å². The molecule has 1 aromatic carbocycles. The van der Waals surface area contributed by atoms with Gasteiger partial charge in [-0.2, -0.15) is 0 Å². The number of hydroxylamine groups is 2. The maximum atomic E-state index is 11.9. The second-order valence-corrected chi connectivity index (χ2v) is 4.09. The number of nitro benzene ring substituents is 1. The van der Waals surface area contributed by atoms with E-state index in [4.69, 9.17) is 0 Å². The number of nitrogens with zero attached hydrogens (tertiary/aromatic N) is 2. The van der Waals surface area contributed by atoms with Crippen LogP contribution in [0.15, 0.2) is 48.8 Å².